The van der Waals surface area contributed by atoms with Crippen LogP contribution in [-0.2, 0) is 9.84 Å². The van der Waals surface area contributed by atoms with Gasteiger partial charge in [-0.05, 0) is 18.8 Å². The Hall–Kier alpha value is -0.780. The SMILES string of the molecule is CCCCCC(C)(C)CN=C(NCC)NCCS(C)(=O)=O. The van der Waals surface area contributed by atoms with Crippen molar-refractivity contribution in [3.63, 3.8) is 0 Å². The lowest BCUT2D eigenvalue weighted by molar-refractivity contribution is 0.332. The van der Waals surface area contributed by atoms with Gasteiger partial charge >= 0.3 is 0 Å². The van der Waals surface area contributed by atoms with Crippen LogP contribution in [0.5, 0.6) is 0 Å². The zero-order valence-corrected chi connectivity index (χ0v) is 15.1. The van der Waals surface area contributed by atoms with Crippen molar-refractivity contribution in [3.8, 4) is 0 Å². The molecule has 0 rings (SSSR count). The van der Waals surface area contributed by atoms with Crippen LogP contribution in [0.3, 0.4) is 0 Å². The molecule has 5 nitrogen and oxygen atoms in total. The monoisotopic (exact) mass is 319 g/mol. The van der Waals surface area contributed by atoms with Crippen LogP contribution in [0.15, 0.2) is 4.99 Å². The van der Waals surface area contributed by atoms with Gasteiger partial charge in [0.05, 0.1) is 5.75 Å². The molecule has 0 bridgehead atoms. The standard InChI is InChI=1S/C15H33N3O2S/c1-6-8-9-10-15(3,4)13-18-14(16-7-2)17-11-12-21(5,19)20/h6-13H2,1-5H3,(H2,16,17,18). The number of hydrogen-bond acceptors (Lipinski definition) is 3. The van der Waals surface area contributed by atoms with Gasteiger partial charge in [-0.3, -0.25) is 4.99 Å². The summed E-state index contributed by atoms with van der Waals surface area (Å²) in [5.41, 5.74) is 0.175. The quantitative estimate of drug-likeness (QED) is 0.368. The van der Waals surface area contributed by atoms with Crippen molar-refractivity contribution in [2.45, 2.75) is 53.4 Å². The van der Waals surface area contributed by atoms with Gasteiger partial charge in [-0.1, -0.05) is 40.0 Å². The molecular weight excluding hydrogens is 286 g/mol. The van der Waals surface area contributed by atoms with Gasteiger partial charge in [0.1, 0.15) is 9.84 Å². The number of nitrogens with zero attached hydrogens (tertiary/aromatic N) is 1. The molecule has 0 heterocycles. The smallest absolute Gasteiger partial charge is 0.191 e. The summed E-state index contributed by atoms with van der Waals surface area (Å²) in [6, 6.07) is 0. The normalized spacial score (nSPS) is 13.3. The largest absolute Gasteiger partial charge is 0.357 e. The van der Waals surface area contributed by atoms with Gasteiger partial charge in [-0.25, -0.2) is 8.42 Å². The van der Waals surface area contributed by atoms with Crippen molar-refractivity contribution in [2.75, 3.05) is 31.6 Å². The molecule has 0 aliphatic heterocycles. The van der Waals surface area contributed by atoms with Gasteiger partial charge < -0.3 is 10.6 Å². The average Bonchev–Trinajstić information content (AvgIpc) is 2.35. The fourth-order valence-electron chi connectivity index (χ4n) is 1.92. The van der Waals surface area contributed by atoms with Gasteiger partial charge in [-0.15, -0.1) is 0 Å². The van der Waals surface area contributed by atoms with Crippen LogP contribution in [0.1, 0.15) is 53.4 Å². The third-order valence-electron chi connectivity index (χ3n) is 3.23. The Morgan fingerprint density at radius 3 is 2.33 bits per heavy atom. The minimum Gasteiger partial charge on any atom is -0.357 e. The van der Waals surface area contributed by atoms with Crippen LogP contribution in [0, 0.1) is 5.41 Å². The Bertz CT molecular complexity index is 403. The van der Waals surface area contributed by atoms with E-state index in [1.165, 1.54) is 25.5 Å². The molecule has 0 aliphatic carbocycles. The van der Waals surface area contributed by atoms with E-state index in [-0.39, 0.29) is 11.2 Å². The minimum absolute atomic E-state index is 0.122. The number of hydrogen-bond donors (Lipinski definition) is 2. The fraction of sp³-hybridized carbons (Fsp3) is 0.933. The highest BCUT2D eigenvalue weighted by Crippen LogP contribution is 2.23. The van der Waals surface area contributed by atoms with Crippen molar-refractivity contribution >= 4 is 15.8 Å². The predicted molar refractivity (Wildman–Crippen MR) is 91.6 cm³/mol. The topological polar surface area (TPSA) is 70.6 Å². The van der Waals surface area contributed by atoms with E-state index in [9.17, 15) is 8.42 Å². The van der Waals surface area contributed by atoms with E-state index < -0.39 is 9.84 Å². The molecule has 0 aromatic rings. The molecule has 0 unspecified atom stereocenters. The third-order valence-corrected chi connectivity index (χ3v) is 4.18. The first-order chi connectivity index (χ1) is 9.70. The highest BCUT2D eigenvalue weighted by Gasteiger charge is 2.17. The van der Waals surface area contributed by atoms with E-state index in [1.54, 1.807) is 0 Å². The van der Waals surface area contributed by atoms with Crippen molar-refractivity contribution in [1.82, 2.24) is 10.6 Å². The van der Waals surface area contributed by atoms with E-state index in [0.717, 1.165) is 19.5 Å². The predicted octanol–water partition coefficient (Wildman–Crippen LogP) is 2.19. The van der Waals surface area contributed by atoms with Crippen molar-refractivity contribution in [2.24, 2.45) is 10.4 Å². The summed E-state index contributed by atoms with van der Waals surface area (Å²) in [5.74, 6) is 0.821. The maximum absolute atomic E-state index is 11.1. The summed E-state index contributed by atoms with van der Waals surface area (Å²) in [4.78, 5) is 4.58. The van der Waals surface area contributed by atoms with Crippen LogP contribution < -0.4 is 10.6 Å². The van der Waals surface area contributed by atoms with Crippen molar-refractivity contribution < 1.29 is 8.42 Å². The van der Waals surface area contributed by atoms with Crippen molar-refractivity contribution in [3.05, 3.63) is 0 Å². The second-order valence-corrected chi connectivity index (χ2v) is 8.63. The number of rotatable bonds is 10. The Labute approximate surface area is 130 Å². The molecule has 0 fully saturated rings. The molecule has 6 heteroatoms. The molecular formula is C15H33N3O2S. The lowest BCUT2D eigenvalue weighted by Gasteiger charge is -2.23. The molecule has 0 atom stereocenters. The molecule has 0 aromatic heterocycles. The van der Waals surface area contributed by atoms with Crippen molar-refractivity contribution in [1.29, 1.82) is 0 Å². The summed E-state index contributed by atoms with van der Waals surface area (Å²) in [7, 11) is -2.94. The number of unbranched alkanes of at least 4 members (excludes halogenated alkanes) is 2. The number of aliphatic imine (C=N–C) groups is 1. The first kappa shape index (κ1) is 20.2. The van der Waals surface area contributed by atoms with Crippen LogP contribution in [-0.4, -0.2) is 46.0 Å². The zero-order chi connectivity index (χ0) is 16.4. The lowest BCUT2D eigenvalue weighted by atomic mass is 9.87. The van der Waals surface area contributed by atoms with Gasteiger partial charge in [0.25, 0.3) is 0 Å². The molecule has 0 aliphatic rings. The van der Waals surface area contributed by atoms with E-state index in [0.29, 0.717) is 12.5 Å². The van der Waals surface area contributed by atoms with Crippen LogP contribution in [0.25, 0.3) is 0 Å². The minimum atomic E-state index is -2.94. The Morgan fingerprint density at radius 2 is 1.81 bits per heavy atom. The molecule has 0 radical (unpaired) electrons. The van der Waals surface area contributed by atoms with E-state index in [1.807, 2.05) is 6.92 Å². The summed E-state index contributed by atoms with van der Waals surface area (Å²) in [6.07, 6.45) is 6.13. The van der Waals surface area contributed by atoms with Gasteiger partial charge in [0, 0.05) is 25.9 Å². The second kappa shape index (κ2) is 10.0. The van der Waals surface area contributed by atoms with E-state index in [2.05, 4.69) is 36.4 Å². The molecule has 0 saturated carbocycles. The summed E-state index contributed by atoms with van der Waals surface area (Å²) in [5, 5.41) is 6.23. The Balaban J connectivity index is 4.36. The molecule has 0 spiro atoms. The third kappa shape index (κ3) is 12.7. The molecule has 2 N–H and O–H groups in total. The van der Waals surface area contributed by atoms with E-state index >= 15 is 0 Å². The highest BCUT2D eigenvalue weighted by atomic mass is 32.2. The molecule has 21 heavy (non-hydrogen) atoms. The molecule has 0 amide bonds. The van der Waals surface area contributed by atoms with Crippen LogP contribution in [0.4, 0.5) is 0 Å². The maximum atomic E-state index is 11.1. The lowest BCUT2D eigenvalue weighted by Crippen LogP contribution is -2.40. The summed E-state index contributed by atoms with van der Waals surface area (Å²) < 4.78 is 22.3. The highest BCUT2D eigenvalue weighted by molar-refractivity contribution is 7.90. The summed E-state index contributed by atoms with van der Waals surface area (Å²) in [6.45, 7) is 10.6. The first-order valence-electron chi connectivity index (χ1n) is 7.90. The van der Waals surface area contributed by atoms with Gasteiger partial charge in [-0.2, -0.15) is 0 Å². The Kier molecular flexibility index (Phi) is 9.66. The fourth-order valence-corrected chi connectivity index (χ4v) is 2.40. The number of guanidine groups is 1. The number of sulfone groups is 1. The molecule has 0 aromatic carbocycles. The van der Waals surface area contributed by atoms with Crippen LogP contribution >= 0.6 is 0 Å². The summed E-state index contributed by atoms with van der Waals surface area (Å²) >= 11 is 0. The van der Waals surface area contributed by atoms with Crippen LogP contribution in [0.2, 0.25) is 0 Å². The first-order valence-corrected chi connectivity index (χ1v) is 9.96. The molecule has 126 valence electrons. The number of nitrogens with one attached hydrogen (secondary N) is 2. The zero-order valence-electron chi connectivity index (χ0n) is 14.3. The Morgan fingerprint density at radius 1 is 1.14 bits per heavy atom. The van der Waals surface area contributed by atoms with E-state index in [4.69, 9.17) is 0 Å². The maximum Gasteiger partial charge on any atom is 0.191 e. The average molecular weight is 320 g/mol. The second-order valence-electron chi connectivity index (χ2n) is 6.37. The van der Waals surface area contributed by atoms with Gasteiger partial charge in [0.15, 0.2) is 5.96 Å². The van der Waals surface area contributed by atoms with Gasteiger partial charge in [0.2, 0.25) is 0 Å². The molecule has 0 saturated heterocycles.